The predicted octanol–water partition coefficient (Wildman–Crippen LogP) is 3.71. The average molecular weight is 387 g/mol. The van der Waals surface area contributed by atoms with Gasteiger partial charge in [-0.05, 0) is 62.8 Å². The normalized spacial score (nSPS) is 17.6. The number of piperidine rings is 1. The highest BCUT2D eigenvalue weighted by Crippen LogP contribution is 2.21. The summed E-state index contributed by atoms with van der Waals surface area (Å²) in [7, 11) is 1.87. The highest BCUT2D eigenvalue weighted by molar-refractivity contribution is 5.96. The number of likely N-dealkylation sites (tertiary alicyclic amines) is 1. The molecule has 5 nitrogen and oxygen atoms in total. The third-order valence-electron chi connectivity index (χ3n) is 5.59. The first-order valence-electron chi connectivity index (χ1n) is 10.1. The lowest BCUT2D eigenvalue weighted by molar-refractivity contribution is 0.0728. The van der Waals surface area contributed by atoms with E-state index in [1.54, 1.807) is 6.92 Å². The summed E-state index contributed by atoms with van der Waals surface area (Å²) in [5, 5.41) is 4.00. The molecule has 6 heteroatoms. The van der Waals surface area contributed by atoms with Gasteiger partial charge in [0.05, 0.1) is 5.69 Å². The lowest BCUT2D eigenvalue weighted by Gasteiger charge is -2.34. The van der Waals surface area contributed by atoms with Gasteiger partial charge < -0.3 is 14.3 Å². The molecule has 0 saturated carbocycles. The Balaban J connectivity index is 1.53. The molecule has 1 aliphatic heterocycles. The zero-order valence-electron chi connectivity index (χ0n) is 17.1. The zero-order valence-corrected chi connectivity index (χ0v) is 17.1. The molecule has 1 atom stereocenters. The standard InChI is InChI=1S/C22H30FN3O2/c1-4-20-21(16(2)28-24-20)22(27)25(3)14-18-6-5-12-26(15-18)13-11-17-7-9-19(23)10-8-17/h7-10,18H,4-6,11-15H2,1-3H3/t18-/m0/s1. The van der Waals surface area contributed by atoms with Crippen molar-refractivity contribution in [2.75, 3.05) is 33.2 Å². The van der Waals surface area contributed by atoms with Gasteiger partial charge in [0.1, 0.15) is 17.1 Å². The van der Waals surface area contributed by atoms with Crippen molar-refractivity contribution in [1.82, 2.24) is 15.0 Å². The van der Waals surface area contributed by atoms with E-state index in [1.807, 2.05) is 31.0 Å². The van der Waals surface area contributed by atoms with Crippen LogP contribution in [0.3, 0.4) is 0 Å². The minimum Gasteiger partial charge on any atom is -0.361 e. The Morgan fingerprint density at radius 1 is 1.36 bits per heavy atom. The molecule has 0 aliphatic carbocycles. The van der Waals surface area contributed by atoms with Gasteiger partial charge in [0.15, 0.2) is 0 Å². The quantitative estimate of drug-likeness (QED) is 0.727. The van der Waals surface area contributed by atoms with Gasteiger partial charge >= 0.3 is 0 Å². The van der Waals surface area contributed by atoms with Crippen LogP contribution in [0.1, 0.15) is 47.1 Å². The topological polar surface area (TPSA) is 49.6 Å². The van der Waals surface area contributed by atoms with E-state index in [2.05, 4.69) is 10.1 Å². The molecule has 2 heterocycles. The number of nitrogens with zero attached hydrogens (tertiary/aromatic N) is 3. The first kappa shape index (κ1) is 20.5. The van der Waals surface area contributed by atoms with Crippen LogP contribution < -0.4 is 0 Å². The predicted molar refractivity (Wildman–Crippen MR) is 107 cm³/mol. The van der Waals surface area contributed by atoms with Gasteiger partial charge in [-0.2, -0.15) is 0 Å². The summed E-state index contributed by atoms with van der Waals surface area (Å²) in [6.07, 6.45) is 3.88. The summed E-state index contributed by atoms with van der Waals surface area (Å²) in [6.45, 7) is 7.55. The Kier molecular flexibility index (Phi) is 6.83. The Morgan fingerprint density at radius 3 is 2.82 bits per heavy atom. The lowest BCUT2D eigenvalue weighted by atomic mass is 9.96. The van der Waals surface area contributed by atoms with E-state index in [0.29, 0.717) is 23.7 Å². The number of aryl methyl sites for hydroxylation is 2. The number of carbonyl (C=O) groups excluding carboxylic acids is 1. The highest BCUT2D eigenvalue weighted by Gasteiger charge is 2.26. The number of hydrogen-bond acceptors (Lipinski definition) is 4. The SMILES string of the molecule is CCc1noc(C)c1C(=O)N(C)C[C@@H]1CCCN(CCc2ccc(F)cc2)C1. The number of rotatable bonds is 7. The summed E-state index contributed by atoms with van der Waals surface area (Å²) in [5.41, 5.74) is 2.51. The molecule has 3 rings (SSSR count). The fourth-order valence-corrected chi connectivity index (χ4v) is 4.04. The van der Waals surface area contributed by atoms with Crippen LogP contribution in [0.4, 0.5) is 4.39 Å². The van der Waals surface area contributed by atoms with E-state index >= 15 is 0 Å². The zero-order chi connectivity index (χ0) is 20.1. The van der Waals surface area contributed by atoms with Crippen molar-refractivity contribution >= 4 is 5.91 Å². The molecule has 0 bridgehead atoms. The minimum absolute atomic E-state index is 0.000893. The molecule has 1 saturated heterocycles. The summed E-state index contributed by atoms with van der Waals surface area (Å²) < 4.78 is 18.3. The monoisotopic (exact) mass is 387 g/mol. The number of aromatic nitrogens is 1. The summed E-state index contributed by atoms with van der Waals surface area (Å²) >= 11 is 0. The number of benzene rings is 1. The molecule has 152 valence electrons. The van der Waals surface area contributed by atoms with Crippen LogP contribution in [0.15, 0.2) is 28.8 Å². The van der Waals surface area contributed by atoms with Crippen molar-refractivity contribution in [3.8, 4) is 0 Å². The molecular weight excluding hydrogens is 357 g/mol. The maximum atomic E-state index is 13.0. The van der Waals surface area contributed by atoms with Gasteiger partial charge in [0.2, 0.25) is 0 Å². The van der Waals surface area contributed by atoms with E-state index in [-0.39, 0.29) is 11.7 Å². The third kappa shape index (κ3) is 4.98. The van der Waals surface area contributed by atoms with E-state index in [9.17, 15) is 9.18 Å². The number of hydrogen-bond donors (Lipinski definition) is 0. The Labute approximate surface area is 166 Å². The van der Waals surface area contributed by atoms with E-state index in [1.165, 1.54) is 12.1 Å². The van der Waals surface area contributed by atoms with Crippen molar-refractivity contribution in [2.45, 2.75) is 39.5 Å². The first-order chi connectivity index (χ1) is 13.5. The van der Waals surface area contributed by atoms with E-state index in [4.69, 9.17) is 4.52 Å². The fourth-order valence-electron chi connectivity index (χ4n) is 4.04. The summed E-state index contributed by atoms with van der Waals surface area (Å²) in [5.74, 6) is 0.863. The Morgan fingerprint density at radius 2 is 2.11 bits per heavy atom. The first-order valence-corrected chi connectivity index (χ1v) is 10.1. The van der Waals surface area contributed by atoms with Crippen molar-refractivity contribution < 1.29 is 13.7 Å². The molecule has 1 fully saturated rings. The molecular formula is C22H30FN3O2. The van der Waals surface area contributed by atoms with Crippen LogP contribution >= 0.6 is 0 Å². The molecule has 0 radical (unpaired) electrons. The second kappa shape index (κ2) is 9.32. The minimum atomic E-state index is -0.191. The van der Waals surface area contributed by atoms with Crippen LogP contribution in [0.2, 0.25) is 0 Å². The van der Waals surface area contributed by atoms with Crippen LogP contribution in [-0.4, -0.2) is 54.1 Å². The second-order valence-corrected chi connectivity index (χ2v) is 7.79. The summed E-state index contributed by atoms with van der Waals surface area (Å²) in [6, 6.07) is 6.75. The molecule has 1 aromatic heterocycles. The third-order valence-corrected chi connectivity index (χ3v) is 5.59. The van der Waals surface area contributed by atoms with E-state index < -0.39 is 0 Å². The van der Waals surface area contributed by atoms with Crippen LogP contribution in [0.25, 0.3) is 0 Å². The van der Waals surface area contributed by atoms with Crippen LogP contribution in [0, 0.1) is 18.7 Å². The molecule has 2 aromatic rings. The molecule has 1 aromatic carbocycles. The molecule has 0 spiro atoms. The van der Waals surface area contributed by atoms with Gasteiger partial charge in [-0.3, -0.25) is 4.79 Å². The molecule has 0 N–H and O–H groups in total. The molecule has 0 unspecified atom stereocenters. The van der Waals surface area contributed by atoms with Gasteiger partial charge in [-0.15, -0.1) is 0 Å². The molecule has 1 amide bonds. The van der Waals surface area contributed by atoms with E-state index in [0.717, 1.165) is 56.7 Å². The average Bonchev–Trinajstić information content (AvgIpc) is 3.07. The summed E-state index contributed by atoms with van der Waals surface area (Å²) in [4.78, 5) is 17.2. The van der Waals surface area contributed by atoms with Crippen LogP contribution in [-0.2, 0) is 12.8 Å². The maximum Gasteiger partial charge on any atom is 0.259 e. The van der Waals surface area contributed by atoms with Crippen LogP contribution in [0.5, 0.6) is 0 Å². The Hall–Kier alpha value is -2.21. The largest absolute Gasteiger partial charge is 0.361 e. The van der Waals surface area contributed by atoms with Crippen molar-refractivity contribution in [1.29, 1.82) is 0 Å². The van der Waals surface area contributed by atoms with Crippen molar-refractivity contribution in [3.05, 3.63) is 52.7 Å². The maximum absolute atomic E-state index is 13.0. The van der Waals surface area contributed by atoms with Gasteiger partial charge in [-0.25, -0.2) is 4.39 Å². The number of amides is 1. The fraction of sp³-hybridized carbons (Fsp3) is 0.545. The molecule has 1 aliphatic rings. The second-order valence-electron chi connectivity index (χ2n) is 7.79. The van der Waals surface area contributed by atoms with Crippen molar-refractivity contribution in [2.24, 2.45) is 5.92 Å². The Bertz CT molecular complexity index is 788. The molecule has 28 heavy (non-hydrogen) atoms. The highest BCUT2D eigenvalue weighted by atomic mass is 19.1. The lowest BCUT2D eigenvalue weighted by Crippen LogP contribution is -2.42. The number of carbonyl (C=O) groups is 1. The smallest absolute Gasteiger partial charge is 0.259 e. The van der Waals surface area contributed by atoms with Gasteiger partial charge in [0.25, 0.3) is 5.91 Å². The van der Waals surface area contributed by atoms with Crippen molar-refractivity contribution in [3.63, 3.8) is 0 Å². The van der Waals surface area contributed by atoms with Gasteiger partial charge in [0, 0.05) is 26.7 Å². The van der Waals surface area contributed by atoms with Gasteiger partial charge in [-0.1, -0.05) is 24.2 Å². The number of halogens is 1.